The topological polar surface area (TPSA) is 151 Å². The maximum atomic E-state index is 11.3. The van der Waals surface area contributed by atoms with Crippen molar-refractivity contribution in [2.75, 3.05) is 0 Å². The molecule has 18 rings (SSSR count). The summed E-state index contributed by atoms with van der Waals surface area (Å²) in [5.74, 6) is 2.86. The zero-order valence-electron chi connectivity index (χ0n) is 53.4. The molecule has 4 aromatic heterocycles. The molecule has 0 saturated heterocycles. The van der Waals surface area contributed by atoms with Gasteiger partial charge in [-0.05, 0) is 151 Å². The Kier molecular flexibility index (Phi) is 14.4. The number of nitriles is 2. The summed E-state index contributed by atoms with van der Waals surface area (Å²) in [6.07, 6.45) is 0. The van der Waals surface area contributed by atoms with Gasteiger partial charge < -0.3 is 8.83 Å². The predicted molar refractivity (Wildman–Crippen MR) is 400 cm³/mol. The number of para-hydroxylation sites is 2. The van der Waals surface area contributed by atoms with Crippen LogP contribution < -0.4 is 0 Å². The predicted octanol–water partition coefficient (Wildman–Crippen LogP) is 22.8. The van der Waals surface area contributed by atoms with Crippen LogP contribution in [0.5, 0.6) is 0 Å². The van der Waals surface area contributed by atoms with Crippen molar-refractivity contribution in [3.63, 3.8) is 0 Å². The first kappa shape index (κ1) is 58.5. The number of nitrogens with zero attached hydrogens (tertiary/aromatic N) is 8. The Labute approximate surface area is 574 Å². The first-order chi connectivity index (χ1) is 49.4. The van der Waals surface area contributed by atoms with Gasteiger partial charge in [0, 0.05) is 60.5 Å². The van der Waals surface area contributed by atoms with Gasteiger partial charge in [-0.25, -0.2) is 29.9 Å². The van der Waals surface area contributed by atoms with Gasteiger partial charge in [0.15, 0.2) is 34.9 Å². The highest BCUT2D eigenvalue weighted by molar-refractivity contribution is 6.08. The van der Waals surface area contributed by atoms with E-state index >= 15 is 0 Å². The summed E-state index contributed by atoms with van der Waals surface area (Å²) < 4.78 is 12.6. The second-order valence-corrected chi connectivity index (χ2v) is 24.8. The third kappa shape index (κ3) is 10.8. The van der Waals surface area contributed by atoms with Crippen LogP contribution in [0.15, 0.2) is 324 Å². The van der Waals surface area contributed by atoms with Gasteiger partial charge in [0.2, 0.25) is 0 Å². The molecule has 0 amide bonds. The van der Waals surface area contributed by atoms with E-state index in [1.54, 1.807) is 0 Å². The molecular formula is C90H52N8O2. The van der Waals surface area contributed by atoms with E-state index in [0.29, 0.717) is 57.2 Å². The van der Waals surface area contributed by atoms with Crippen LogP contribution in [0.3, 0.4) is 0 Å². The van der Waals surface area contributed by atoms with Crippen LogP contribution in [0.1, 0.15) is 11.1 Å². The lowest BCUT2D eigenvalue weighted by atomic mass is 9.94. The largest absolute Gasteiger partial charge is 0.456 e. The monoisotopic (exact) mass is 1280 g/mol. The van der Waals surface area contributed by atoms with Gasteiger partial charge >= 0.3 is 0 Å². The van der Waals surface area contributed by atoms with Crippen LogP contribution in [-0.2, 0) is 0 Å². The van der Waals surface area contributed by atoms with Crippen molar-refractivity contribution in [3.8, 4) is 147 Å². The average Bonchev–Trinajstić information content (AvgIpc) is 1.50. The molecule has 0 fully saturated rings. The lowest BCUT2D eigenvalue weighted by molar-refractivity contribution is 0.668. The summed E-state index contributed by atoms with van der Waals surface area (Å²) in [6, 6.07) is 112. The molecule has 100 heavy (non-hydrogen) atoms. The standard InChI is InChI=1S/C90H52N8O2/c91-53-55-25-27-56(28-26-55)57-29-33-59(34-30-57)72-20-11-17-68-47-65(41-44-74(68)72)58-31-37-63(38-32-58)87-93-85(61-13-3-1-4-14-61)94-88(95-87)64-39-35-60(36-40-64)73-21-12-22-77(80(73)54-92)90-97-86(62-15-5-2-6-16-62)96-89(98-90)71-49-69(66-42-45-83-78(51-66)75-18-7-9-23-81(75)99-83)48-70(50-71)67-43-46-84-79(52-67)76-19-8-10-24-82(76)100-84/h1-52H. The van der Waals surface area contributed by atoms with Gasteiger partial charge in [0.1, 0.15) is 28.4 Å². The Morgan fingerprint density at radius 2 is 0.580 bits per heavy atom. The summed E-state index contributed by atoms with van der Waals surface area (Å²) in [7, 11) is 0. The molecule has 0 bridgehead atoms. The minimum Gasteiger partial charge on any atom is -0.456 e. The number of aromatic nitrogens is 6. The fourth-order valence-electron chi connectivity index (χ4n) is 13.6. The van der Waals surface area contributed by atoms with Gasteiger partial charge in [-0.2, -0.15) is 10.5 Å². The Morgan fingerprint density at radius 1 is 0.210 bits per heavy atom. The van der Waals surface area contributed by atoms with Gasteiger partial charge in [-0.15, -0.1) is 0 Å². The molecule has 14 aromatic carbocycles. The van der Waals surface area contributed by atoms with Crippen LogP contribution in [0.4, 0.5) is 0 Å². The summed E-state index contributed by atoms with van der Waals surface area (Å²) in [4.78, 5) is 31.0. The smallest absolute Gasteiger partial charge is 0.165 e. The lowest BCUT2D eigenvalue weighted by Gasteiger charge is -2.14. The van der Waals surface area contributed by atoms with Gasteiger partial charge in [0.25, 0.3) is 0 Å². The average molecular weight is 1280 g/mol. The highest BCUT2D eigenvalue weighted by atomic mass is 16.3. The highest BCUT2D eigenvalue weighted by Gasteiger charge is 2.22. The first-order valence-corrected chi connectivity index (χ1v) is 32.9. The van der Waals surface area contributed by atoms with Gasteiger partial charge in [0.05, 0.1) is 17.2 Å². The summed E-state index contributed by atoms with van der Waals surface area (Å²) in [5, 5.41) is 27.0. The number of benzene rings is 14. The van der Waals surface area contributed by atoms with E-state index in [1.807, 2.05) is 176 Å². The molecule has 18 aromatic rings. The van der Waals surface area contributed by atoms with Crippen molar-refractivity contribution in [3.05, 3.63) is 327 Å². The number of rotatable bonds is 12. The van der Waals surface area contributed by atoms with Crippen molar-refractivity contribution < 1.29 is 8.83 Å². The Hall–Kier alpha value is -14.1. The summed E-state index contributed by atoms with van der Waals surface area (Å²) in [6.45, 7) is 0. The molecule has 0 radical (unpaired) electrons. The third-order valence-electron chi connectivity index (χ3n) is 18.7. The molecule has 0 N–H and O–H groups in total. The zero-order chi connectivity index (χ0) is 66.6. The maximum Gasteiger partial charge on any atom is 0.165 e. The van der Waals surface area contributed by atoms with E-state index in [1.165, 1.54) is 0 Å². The van der Waals surface area contributed by atoms with E-state index in [2.05, 4.69) is 152 Å². The number of hydrogen-bond acceptors (Lipinski definition) is 10. The van der Waals surface area contributed by atoms with Crippen molar-refractivity contribution >= 4 is 54.6 Å². The fourth-order valence-corrected chi connectivity index (χ4v) is 13.6. The maximum absolute atomic E-state index is 11.3. The molecule has 0 aliphatic rings. The van der Waals surface area contributed by atoms with Crippen LogP contribution in [0.25, 0.3) is 190 Å². The van der Waals surface area contributed by atoms with Crippen molar-refractivity contribution in [1.82, 2.24) is 29.9 Å². The minimum atomic E-state index is 0.356. The number of hydrogen-bond donors (Lipinski definition) is 0. The van der Waals surface area contributed by atoms with Crippen LogP contribution in [0.2, 0.25) is 0 Å². The second-order valence-electron chi connectivity index (χ2n) is 24.8. The molecule has 0 saturated carbocycles. The number of furan rings is 2. The van der Waals surface area contributed by atoms with Crippen molar-refractivity contribution in [2.24, 2.45) is 0 Å². The van der Waals surface area contributed by atoms with Crippen LogP contribution >= 0.6 is 0 Å². The molecule has 0 spiro atoms. The zero-order valence-corrected chi connectivity index (χ0v) is 53.4. The van der Waals surface area contributed by atoms with Gasteiger partial charge in [-0.3, -0.25) is 0 Å². The third-order valence-corrected chi connectivity index (χ3v) is 18.7. The Balaban J connectivity index is 0.682. The minimum absolute atomic E-state index is 0.356. The molecule has 464 valence electrons. The Bertz CT molecular complexity index is 6200. The van der Waals surface area contributed by atoms with Crippen LogP contribution in [-0.4, -0.2) is 29.9 Å². The SMILES string of the molecule is N#Cc1ccc(-c2ccc(-c3cccc4cc(-c5ccc(-c6nc(-c7ccccc7)nc(-c7ccc(-c8cccc(-c9nc(-c%10ccccc%10)nc(-c%10cc(-c%11ccc%12oc%13ccccc%13c%12c%11)cc(-c%11ccc%12oc%13ccccc%13c%12c%11)c%10)n9)c8C#N)cc7)n6)cc5)ccc34)cc2)cc1. The summed E-state index contributed by atoms with van der Waals surface area (Å²) >= 11 is 0. The molecule has 0 unspecified atom stereocenters. The molecule has 10 nitrogen and oxygen atoms in total. The van der Waals surface area contributed by atoms with Crippen molar-refractivity contribution in [2.45, 2.75) is 0 Å². The normalized spacial score (nSPS) is 11.4. The first-order valence-electron chi connectivity index (χ1n) is 32.9. The number of fused-ring (bicyclic) bond motifs is 7. The quantitative estimate of drug-likeness (QED) is 0.116. The fraction of sp³-hybridized carbons (Fsp3) is 0. The van der Waals surface area contributed by atoms with E-state index in [9.17, 15) is 10.5 Å². The highest BCUT2D eigenvalue weighted by Crippen LogP contribution is 2.41. The lowest BCUT2D eigenvalue weighted by Crippen LogP contribution is -2.02. The molecule has 0 atom stereocenters. The van der Waals surface area contributed by atoms with Crippen LogP contribution in [0, 0.1) is 22.7 Å². The molecule has 0 aliphatic carbocycles. The van der Waals surface area contributed by atoms with E-state index in [-0.39, 0.29) is 0 Å². The summed E-state index contributed by atoms with van der Waals surface area (Å²) in [5.41, 5.74) is 21.0. The van der Waals surface area contributed by atoms with E-state index in [4.69, 9.17) is 38.7 Å². The van der Waals surface area contributed by atoms with E-state index in [0.717, 1.165) is 144 Å². The Morgan fingerprint density at radius 3 is 1.11 bits per heavy atom. The molecule has 10 heteroatoms. The van der Waals surface area contributed by atoms with E-state index < -0.39 is 0 Å². The molecule has 0 aliphatic heterocycles. The van der Waals surface area contributed by atoms with Crippen molar-refractivity contribution in [1.29, 1.82) is 10.5 Å². The second kappa shape index (κ2) is 24.6. The molecular weight excluding hydrogens is 1230 g/mol. The van der Waals surface area contributed by atoms with Gasteiger partial charge in [-0.1, -0.05) is 237 Å². The molecule has 4 heterocycles.